The highest BCUT2D eigenvalue weighted by Gasteiger charge is 2.21. The van der Waals surface area contributed by atoms with E-state index in [0.29, 0.717) is 12.6 Å². The highest BCUT2D eigenvalue weighted by atomic mass is 19.1. The molecule has 0 unspecified atom stereocenters. The molecule has 1 aromatic heterocycles. The lowest BCUT2D eigenvalue weighted by Crippen LogP contribution is -2.41. The second-order valence-corrected chi connectivity index (χ2v) is 7.50. The van der Waals surface area contributed by atoms with Crippen molar-refractivity contribution < 1.29 is 4.39 Å². The standard InChI is InChI=1S/C22H28FN5/c1-24-12-15-27-13-10-19(11-14-27)25-22-26-20-4-2-3-5-21(20)28(22)16-17-6-8-18(23)9-7-17/h2-9,19,24H,10-16H2,1H3,(H,25,26). The number of piperidine rings is 1. The number of nitrogens with zero attached hydrogens (tertiary/aromatic N) is 3. The van der Waals surface area contributed by atoms with Gasteiger partial charge in [-0.05, 0) is 49.7 Å². The van der Waals surface area contributed by atoms with Crippen molar-refractivity contribution in [2.24, 2.45) is 0 Å². The number of hydrogen-bond acceptors (Lipinski definition) is 4. The van der Waals surface area contributed by atoms with Crippen LogP contribution < -0.4 is 10.6 Å². The van der Waals surface area contributed by atoms with Crippen molar-refractivity contribution in [2.45, 2.75) is 25.4 Å². The summed E-state index contributed by atoms with van der Waals surface area (Å²) in [7, 11) is 2.00. The molecule has 2 aromatic carbocycles. The first-order valence-corrected chi connectivity index (χ1v) is 10.1. The third kappa shape index (κ3) is 4.34. The zero-order chi connectivity index (χ0) is 19.3. The highest BCUT2D eigenvalue weighted by Crippen LogP contribution is 2.24. The molecule has 1 saturated heterocycles. The third-order valence-electron chi connectivity index (χ3n) is 5.51. The van der Waals surface area contributed by atoms with E-state index in [-0.39, 0.29) is 5.82 Å². The number of halogens is 1. The molecule has 2 N–H and O–H groups in total. The summed E-state index contributed by atoms with van der Waals surface area (Å²) in [5.41, 5.74) is 3.15. The van der Waals surface area contributed by atoms with Crippen LogP contribution in [0.5, 0.6) is 0 Å². The summed E-state index contributed by atoms with van der Waals surface area (Å²) in [6.45, 7) is 5.02. The van der Waals surface area contributed by atoms with Gasteiger partial charge in [-0.15, -0.1) is 0 Å². The molecule has 3 aromatic rings. The molecular weight excluding hydrogens is 353 g/mol. The molecule has 148 valence electrons. The Hall–Kier alpha value is -2.44. The van der Waals surface area contributed by atoms with Gasteiger partial charge in [0, 0.05) is 32.2 Å². The minimum atomic E-state index is -0.206. The summed E-state index contributed by atoms with van der Waals surface area (Å²) < 4.78 is 15.5. The SMILES string of the molecule is CNCCN1CCC(Nc2nc3ccccc3n2Cc2ccc(F)cc2)CC1. The molecule has 1 aliphatic rings. The fourth-order valence-corrected chi connectivity index (χ4v) is 3.87. The van der Waals surface area contributed by atoms with Crippen LogP contribution in [0.1, 0.15) is 18.4 Å². The van der Waals surface area contributed by atoms with Crippen molar-refractivity contribution >= 4 is 17.0 Å². The number of fused-ring (bicyclic) bond motifs is 1. The second kappa shape index (κ2) is 8.71. The molecule has 2 heterocycles. The van der Waals surface area contributed by atoms with Gasteiger partial charge in [-0.25, -0.2) is 9.37 Å². The van der Waals surface area contributed by atoms with Crippen LogP contribution >= 0.6 is 0 Å². The Morgan fingerprint density at radius 2 is 1.82 bits per heavy atom. The number of rotatable bonds is 7. The first kappa shape index (κ1) is 18.9. The van der Waals surface area contributed by atoms with Crippen LogP contribution in [-0.4, -0.2) is 53.7 Å². The fourth-order valence-electron chi connectivity index (χ4n) is 3.87. The van der Waals surface area contributed by atoms with Crippen molar-refractivity contribution in [2.75, 3.05) is 38.5 Å². The van der Waals surface area contributed by atoms with Gasteiger partial charge >= 0.3 is 0 Å². The van der Waals surface area contributed by atoms with E-state index in [1.807, 2.05) is 37.4 Å². The predicted octanol–water partition coefficient (Wildman–Crippen LogP) is 3.32. The van der Waals surface area contributed by atoms with Gasteiger partial charge in [0.2, 0.25) is 5.95 Å². The smallest absolute Gasteiger partial charge is 0.204 e. The lowest BCUT2D eigenvalue weighted by molar-refractivity contribution is 0.220. The average molecular weight is 381 g/mol. The highest BCUT2D eigenvalue weighted by molar-refractivity contribution is 5.78. The van der Waals surface area contributed by atoms with Crippen molar-refractivity contribution in [1.82, 2.24) is 19.8 Å². The predicted molar refractivity (Wildman–Crippen MR) is 112 cm³/mol. The molecule has 0 bridgehead atoms. The van der Waals surface area contributed by atoms with Crippen LogP contribution in [0.3, 0.4) is 0 Å². The van der Waals surface area contributed by atoms with Crippen molar-refractivity contribution in [3.05, 3.63) is 59.9 Å². The number of nitrogens with one attached hydrogen (secondary N) is 2. The number of anilines is 1. The van der Waals surface area contributed by atoms with Gasteiger partial charge in [-0.1, -0.05) is 24.3 Å². The number of likely N-dealkylation sites (N-methyl/N-ethyl adjacent to an activating group) is 1. The summed E-state index contributed by atoms with van der Waals surface area (Å²) in [5, 5.41) is 6.90. The van der Waals surface area contributed by atoms with E-state index in [2.05, 4.69) is 26.2 Å². The molecule has 1 fully saturated rings. The Morgan fingerprint density at radius 3 is 2.57 bits per heavy atom. The van der Waals surface area contributed by atoms with Crippen LogP contribution in [0, 0.1) is 5.82 Å². The number of imidazole rings is 1. The van der Waals surface area contributed by atoms with Crippen LogP contribution in [0.2, 0.25) is 0 Å². The largest absolute Gasteiger partial charge is 0.353 e. The van der Waals surface area contributed by atoms with Gasteiger partial charge in [0.25, 0.3) is 0 Å². The number of benzene rings is 2. The number of hydrogen-bond donors (Lipinski definition) is 2. The van der Waals surface area contributed by atoms with E-state index in [4.69, 9.17) is 4.98 Å². The van der Waals surface area contributed by atoms with E-state index < -0.39 is 0 Å². The fraction of sp³-hybridized carbons (Fsp3) is 0.409. The van der Waals surface area contributed by atoms with Gasteiger partial charge in [-0.3, -0.25) is 0 Å². The molecule has 0 radical (unpaired) electrons. The first-order chi connectivity index (χ1) is 13.7. The number of para-hydroxylation sites is 2. The molecular formula is C22H28FN5. The molecule has 0 atom stereocenters. The molecule has 5 nitrogen and oxygen atoms in total. The van der Waals surface area contributed by atoms with Gasteiger partial charge < -0.3 is 20.1 Å². The Labute approximate surface area is 165 Å². The molecule has 4 rings (SSSR count). The second-order valence-electron chi connectivity index (χ2n) is 7.50. The molecule has 6 heteroatoms. The van der Waals surface area contributed by atoms with Gasteiger partial charge in [0.1, 0.15) is 5.82 Å². The van der Waals surface area contributed by atoms with Crippen LogP contribution in [0.15, 0.2) is 48.5 Å². The average Bonchev–Trinajstić information content (AvgIpc) is 3.06. The number of aromatic nitrogens is 2. The van der Waals surface area contributed by atoms with Gasteiger partial charge in [0.05, 0.1) is 17.6 Å². The first-order valence-electron chi connectivity index (χ1n) is 10.1. The zero-order valence-electron chi connectivity index (χ0n) is 16.4. The van der Waals surface area contributed by atoms with E-state index in [0.717, 1.165) is 61.6 Å². The third-order valence-corrected chi connectivity index (χ3v) is 5.51. The van der Waals surface area contributed by atoms with E-state index in [1.165, 1.54) is 12.1 Å². The maximum absolute atomic E-state index is 13.3. The Kier molecular flexibility index (Phi) is 5.88. The molecule has 0 amide bonds. The summed E-state index contributed by atoms with van der Waals surface area (Å²) in [6, 6.07) is 15.3. The zero-order valence-corrected chi connectivity index (χ0v) is 16.4. The summed E-state index contributed by atoms with van der Waals surface area (Å²) in [5.74, 6) is 0.696. The van der Waals surface area contributed by atoms with Crippen LogP contribution in [0.4, 0.5) is 10.3 Å². The van der Waals surface area contributed by atoms with Gasteiger partial charge in [0.15, 0.2) is 0 Å². The maximum Gasteiger partial charge on any atom is 0.204 e. The van der Waals surface area contributed by atoms with E-state index in [9.17, 15) is 4.39 Å². The van der Waals surface area contributed by atoms with E-state index >= 15 is 0 Å². The summed E-state index contributed by atoms with van der Waals surface area (Å²) in [6.07, 6.45) is 2.23. The maximum atomic E-state index is 13.3. The number of likely N-dealkylation sites (tertiary alicyclic amines) is 1. The molecule has 1 aliphatic heterocycles. The van der Waals surface area contributed by atoms with Crippen LogP contribution in [-0.2, 0) is 6.54 Å². The topological polar surface area (TPSA) is 45.1 Å². The Morgan fingerprint density at radius 1 is 1.07 bits per heavy atom. The normalized spacial score (nSPS) is 15.9. The minimum Gasteiger partial charge on any atom is -0.353 e. The lowest BCUT2D eigenvalue weighted by Gasteiger charge is -2.32. The summed E-state index contributed by atoms with van der Waals surface area (Å²) >= 11 is 0. The molecule has 0 saturated carbocycles. The minimum absolute atomic E-state index is 0.206. The van der Waals surface area contributed by atoms with Crippen molar-refractivity contribution in [1.29, 1.82) is 0 Å². The van der Waals surface area contributed by atoms with E-state index in [1.54, 1.807) is 0 Å². The van der Waals surface area contributed by atoms with Gasteiger partial charge in [-0.2, -0.15) is 0 Å². The molecule has 0 aliphatic carbocycles. The monoisotopic (exact) mass is 381 g/mol. The summed E-state index contributed by atoms with van der Waals surface area (Å²) in [4.78, 5) is 7.35. The molecule has 28 heavy (non-hydrogen) atoms. The molecule has 0 spiro atoms. The van der Waals surface area contributed by atoms with Crippen molar-refractivity contribution in [3.8, 4) is 0 Å². The Balaban J connectivity index is 1.51. The lowest BCUT2D eigenvalue weighted by atomic mass is 10.1. The van der Waals surface area contributed by atoms with Crippen molar-refractivity contribution in [3.63, 3.8) is 0 Å². The van der Waals surface area contributed by atoms with Crippen LogP contribution in [0.25, 0.3) is 11.0 Å². The Bertz CT molecular complexity index is 897. The quantitative estimate of drug-likeness (QED) is 0.659.